The largest absolute Gasteiger partial charge is 0.523 e. The van der Waals surface area contributed by atoms with E-state index in [-0.39, 0.29) is 49.5 Å². The molecule has 0 saturated heterocycles. The van der Waals surface area contributed by atoms with Crippen LogP contribution in [0.25, 0.3) is 34.4 Å². The predicted molar refractivity (Wildman–Crippen MR) is 238 cm³/mol. The van der Waals surface area contributed by atoms with Crippen molar-refractivity contribution in [1.29, 1.82) is 15.8 Å². The zero-order chi connectivity index (χ0) is 48.1. The number of aryl methyl sites for hydroxylation is 2. The summed E-state index contributed by atoms with van der Waals surface area (Å²) in [5, 5.41) is 33.9. The monoisotopic (exact) mass is 1020 g/mol. The molecule has 0 aliphatic rings. The molecule has 0 saturated carbocycles. The number of nitriles is 3. The molecule has 0 radical (unpaired) electrons. The Hall–Kier alpha value is -6.65. The third kappa shape index (κ3) is 30.5. The van der Waals surface area contributed by atoms with Crippen LogP contribution in [-0.4, -0.2) is 43.9 Å². The van der Waals surface area contributed by atoms with Gasteiger partial charge in [0.1, 0.15) is 32.7 Å². The summed E-state index contributed by atoms with van der Waals surface area (Å²) in [6.45, 7) is 43.1. The number of thiocarbonyl (C=S) groups is 1. The van der Waals surface area contributed by atoms with Crippen LogP contribution in [0.15, 0.2) is 51.3 Å². The molecule has 0 fully saturated rings. The number of hydrogen-bond donors (Lipinski definition) is 6. The molecule has 3 aromatic rings. The molecular formula is C35H39Cl2IN17O2S3-. The number of rotatable bonds is 1. The van der Waals surface area contributed by atoms with Gasteiger partial charge in [0.2, 0.25) is 16.6 Å². The Bertz CT molecular complexity index is 2190. The normalized spacial score (nSPS) is 10.2. The van der Waals surface area contributed by atoms with E-state index in [1.165, 1.54) is 63.2 Å². The molecule has 0 bridgehead atoms. The first-order valence-electron chi connectivity index (χ1n) is 15.1. The third-order valence-corrected chi connectivity index (χ3v) is 6.83. The summed E-state index contributed by atoms with van der Waals surface area (Å²) in [5.41, 5.74) is 29.2. The van der Waals surface area contributed by atoms with Gasteiger partial charge in [0.05, 0.1) is 67.8 Å². The maximum atomic E-state index is 9.21. The quantitative estimate of drug-likeness (QED) is 0.0279. The van der Waals surface area contributed by atoms with E-state index in [1.54, 1.807) is 26.0 Å². The predicted octanol–water partition coefficient (Wildman–Crippen LogP) is 4.79. The fraction of sp³-hybridized carbons (Fsp3) is 0.257. The molecule has 0 spiro atoms. The second-order valence-electron chi connectivity index (χ2n) is 9.67. The zero-order valence-electron chi connectivity index (χ0n) is 33.5. The number of nitrogen functional groups attached to an aromatic ring is 2. The molecule has 3 aromatic heterocycles. The minimum Gasteiger partial charge on any atom is -0.523 e. The van der Waals surface area contributed by atoms with Crippen molar-refractivity contribution in [2.45, 2.75) is 48.5 Å². The molecule has 0 amide bonds. The van der Waals surface area contributed by atoms with Crippen molar-refractivity contribution in [2.75, 3.05) is 21.3 Å². The second kappa shape index (κ2) is 37.9. The number of nitrogens with two attached hydrogens (primary N) is 5. The van der Waals surface area contributed by atoms with Crippen molar-refractivity contribution in [3.8, 4) is 18.2 Å². The van der Waals surface area contributed by atoms with Crippen molar-refractivity contribution in [3.63, 3.8) is 0 Å². The van der Waals surface area contributed by atoms with E-state index in [0.29, 0.717) is 43.4 Å². The second-order valence-corrected chi connectivity index (χ2v) is 14.9. The van der Waals surface area contributed by atoms with Gasteiger partial charge in [0.25, 0.3) is 17.1 Å². The van der Waals surface area contributed by atoms with Crippen LogP contribution in [0.2, 0.25) is 0 Å². The Morgan fingerprint density at radius 3 is 1.40 bits per heavy atom. The van der Waals surface area contributed by atoms with Gasteiger partial charge in [-0.05, 0) is 76.2 Å². The fourth-order valence-electron chi connectivity index (χ4n) is 2.37. The molecule has 3 rings (SSSR count). The molecule has 0 aromatic carbocycles. The number of alkyl halides is 2. The van der Waals surface area contributed by atoms with E-state index in [0.717, 1.165) is 21.6 Å². The van der Waals surface area contributed by atoms with Gasteiger partial charge in [-0.2, -0.15) is 4.37 Å². The van der Waals surface area contributed by atoms with E-state index in [4.69, 9.17) is 94.0 Å². The summed E-state index contributed by atoms with van der Waals surface area (Å²) >= 11 is 17.5. The standard InChI is InChI=1S/C6H6N4S.C5H3ClN2.C5H5N3S.C5H7N3S.C5H5N3.C5H4N2O.C2H3ClO.C2H6I/c1-3-4-5(7)8-2-9-6(4)11-10-3;1-4(6)5(3-7)8-2;1-3-4(7-2)5(6)9-8-3;1-3(6)4(8-2)5(7)9;1-4(7)5(3-6)8-2;1-4(8)5(3-6)7-2;1-2(3)4;1-3-2/h2H,1H3,(H2,7,8,9);1H3;6H2,1H3;6H2,1H3,(H2,7,9);7H2,1H3;8H,1H3;1H3;1-2H3/q;;;;;;;-1/b;5-4+;;4-3+;2*5-4+;;. The van der Waals surface area contributed by atoms with Gasteiger partial charge in [0.15, 0.2) is 0 Å². The molecule has 60 heavy (non-hydrogen) atoms. The fourth-order valence-corrected chi connectivity index (χ4v) is 4.02. The van der Waals surface area contributed by atoms with Gasteiger partial charge in [0, 0.05) is 23.4 Å². The van der Waals surface area contributed by atoms with E-state index in [9.17, 15) is 4.79 Å². The smallest absolute Gasteiger partial charge is 0.298 e. The van der Waals surface area contributed by atoms with Crippen molar-refractivity contribution in [3.05, 3.63) is 120 Å². The Morgan fingerprint density at radius 2 is 1.23 bits per heavy atom. The molecule has 3 heterocycles. The van der Waals surface area contributed by atoms with Gasteiger partial charge in [-0.15, -0.1) is 11.6 Å². The van der Waals surface area contributed by atoms with Crippen LogP contribution >= 0.6 is 58.5 Å². The number of allylic oxidation sites excluding steroid dienone is 7. The number of aromatic nitrogens is 4. The summed E-state index contributed by atoms with van der Waals surface area (Å²) in [6.07, 6.45) is 1.45. The maximum absolute atomic E-state index is 9.21. The number of halogens is 3. The van der Waals surface area contributed by atoms with Gasteiger partial charge in [-0.1, -0.05) is 12.2 Å². The average molecular weight is 1020 g/mol. The van der Waals surface area contributed by atoms with Crippen molar-refractivity contribution in [2.24, 2.45) is 17.2 Å². The third-order valence-electron chi connectivity index (χ3n) is 4.86. The first-order chi connectivity index (χ1) is 27.9. The Morgan fingerprint density at radius 1 is 0.800 bits per heavy atom. The Kier molecular flexibility index (Phi) is 39.5. The van der Waals surface area contributed by atoms with Crippen molar-refractivity contribution < 1.29 is 31.1 Å². The number of anilines is 2. The number of hydrogen-bond acceptors (Lipinski definition) is 16. The van der Waals surface area contributed by atoms with Gasteiger partial charge < -0.3 is 33.8 Å². The minimum absolute atomic E-state index is 0.0231. The van der Waals surface area contributed by atoms with E-state index < -0.39 is 0 Å². The summed E-state index contributed by atoms with van der Waals surface area (Å²) < 4.78 is 8.01. The number of fused-ring (bicyclic) bond motifs is 1. The number of aliphatic hydroxyl groups excluding tert-OH is 1. The Balaban J connectivity index is -0.000000196. The minimum atomic E-state index is -0.361. The SMILES string of the molecule is CC(=O)Cl.C[I-]C.Cc1nsc2ncnc(N)c12.[C-]#[N+]/C(C#N)=C(\C)Cl.[C-]#[N+]/C(C#N)=C(\C)N.[C-]#[N+]/C(C#N)=C(\C)O.[C-]#[N+]/C(C(N)=S)=C(\C)N.[C-]#[N+]c1c(C)nsc1N. The van der Waals surface area contributed by atoms with Crippen LogP contribution in [-0.2, 0) is 4.79 Å². The van der Waals surface area contributed by atoms with Gasteiger partial charge in [-0.25, -0.2) is 54.4 Å². The Labute approximate surface area is 383 Å². The molecule has 316 valence electrons. The van der Waals surface area contributed by atoms with E-state index in [2.05, 4.69) is 76.6 Å². The van der Waals surface area contributed by atoms with Crippen molar-refractivity contribution >= 4 is 95.4 Å². The van der Waals surface area contributed by atoms with Crippen LogP contribution in [0.5, 0.6) is 0 Å². The van der Waals surface area contributed by atoms with Crippen LogP contribution in [0.4, 0.5) is 16.5 Å². The number of carbonyl (C=O) groups excluding carboxylic acids is 1. The summed E-state index contributed by atoms with van der Waals surface area (Å²) in [5.74, 6) is 0.295. The molecule has 0 aliphatic carbocycles. The molecule has 0 unspecified atom stereocenters. The van der Waals surface area contributed by atoms with Crippen LogP contribution < -0.4 is 49.9 Å². The van der Waals surface area contributed by atoms with E-state index >= 15 is 0 Å². The summed E-state index contributed by atoms with van der Waals surface area (Å²) in [4.78, 5) is 37.1. The molecule has 0 atom stereocenters. The number of aliphatic hydroxyl groups is 1. The summed E-state index contributed by atoms with van der Waals surface area (Å²) in [7, 11) is 0. The molecular weight excluding hydrogens is 985 g/mol. The van der Waals surface area contributed by atoms with Crippen LogP contribution in [0, 0.1) is 80.7 Å². The first kappa shape index (κ1) is 62.5. The molecule has 0 aliphatic heterocycles. The van der Waals surface area contributed by atoms with Crippen LogP contribution in [0.3, 0.4) is 0 Å². The zero-order valence-corrected chi connectivity index (χ0v) is 39.7. The number of carbonyl (C=O) groups is 1. The molecule has 19 nitrogen and oxygen atoms in total. The van der Waals surface area contributed by atoms with Gasteiger partial charge in [-0.3, -0.25) is 4.79 Å². The summed E-state index contributed by atoms with van der Waals surface area (Å²) in [6, 6.07) is 4.82. The van der Waals surface area contributed by atoms with Gasteiger partial charge >= 0.3 is 31.1 Å². The topological polar surface area (TPSA) is 312 Å². The molecule has 11 N–H and O–H groups in total. The number of nitrogens with zero attached hydrogens (tertiary/aromatic N) is 12. The van der Waals surface area contributed by atoms with Crippen LogP contribution in [0.1, 0.15) is 46.0 Å². The average Bonchev–Trinajstić information content (AvgIpc) is 3.71. The molecule has 25 heteroatoms. The first-order valence-corrected chi connectivity index (χ1v) is 22.1. The maximum Gasteiger partial charge on any atom is 0.298 e. The van der Waals surface area contributed by atoms with E-state index in [1.807, 2.05) is 6.92 Å². The van der Waals surface area contributed by atoms with Crippen molar-refractivity contribution in [1.82, 2.24) is 18.7 Å².